The summed E-state index contributed by atoms with van der Waals surface area (Å²) < 4.78 is 9.68. The predicted molar refractivity (Wildman–Crippen MR) is 70.2 cm³/mol. The quantitative estimate of drug-likeness (QED) is 0.436. The van der Waals surface area contributed by atoms with Crippen molar-refractivity contribution in [3.63, 3.8) is 0 Å². The molecular formula is C15H20O4. The lowest BCUT2D eigenvalue weighted by atomic mass is 9.85. The summed E-state index contributed by atoms with van der Waals surface area (Å²) in [6.45, 7) is 0. The van der Waals surface area contributed by atoms with Crippen molar-refractivity contribution in [1.29, 1.82) is 0 Å². The van der Waals surface area contributed by atoms with Crippen molar-refractivity contribution in [1.82, 2.24) is 0 Å². The first-order valence-electron chi connectivity index (χ1n) is 6.64. The Kier molecular flexibility index (Phi) is 4.08. The average Bonchev–Trinajstić information content (AvgIpc) is 2.76. The highest BCUT2D eigenvalue weighted by atomic mass is 16.5. The van der Waals surface area contributed by atoms with Gasteiger partial charge < -0.3 is 9.47 Å². The minimum Gasteiger partial charge on any atom is -0.468 e. The second-order valence-corrected chi connectivity index (χ2v) is 5.23. The van der Waals surface area contributed by atoms with Crippen LogP contribution in [0.25, 0.3) is 0 Å². The van der Waals surface area contributed by atoms with Crippen LogP contribution in [0.5, 0.6) is 0 Å². The van der Waals surface area contributed by atoms with Gasteiger partial charge in [-0.25, -0.2) is 0 Å². The summed E-state index contributed by atoms with van der Waals surface area (Å²) in [5, 5.41) is 0. The van der Waals surface area contributed by atoms with Gasteiger partial charge in [0.1, 0.15) is 0 Å². The molecule has 2 aliphatic carbocycles. The third-order valence-corrected chi connectivity index (χ3v) is 4.14. The largest absolute Gasteiger partial charge is 0.468 e. The normalized spacial score (nSPS) is 31.5. The van der Waals surface area contributed by atoms with Crippen LogP contribution in [0, 0.1) is 17.3 Å². The first-order chi connectivity index (χ1) is 9.14. The van der Waals surface area contributed by atoms with Gasteiger partial charge in [-0.1, -0.05) is 24.3 Å². The number of hydrogen-bond donors (Lipinski definition) is 0. The van der Waals surface area contributed by atoms with E-state index < -0.39 is 17.4 Å². The lowest BCUT2D eigenvalue weighted by molar-refractivity contribution is -0.168. The molecule has 1 fully saturated rings. The number of methoxy groups -OCH3 is 2. The van der Waals surface area contributed by atoms with E-state index in [1.165, 1.54) is 14.2 Å². The molecule has 0 amide bonds. The van der Waals surface area contributed by atoms with Gasteiger partial charge in [0.05, 0.1) is 14.2 Å². The van der Waals surface area contributed by atoms with Crippen LogP contribution >= 0.6 is 0 Å². The Morgan fingerprint density at radius 2 is 1.37 bits per heavy atom. The third-order valence-electron chi connectivity index (χ3n) is 4.14. The van der Waals surface area contributed by atoms with Gasteiger partial charge in [-0.3, -0.25) is 9.59 Å². The minimum absolute atomic E-state index is 0.203. The lowest BCUT2D eigenvalue weighted by Crippen LogP contribution is -2.39. The minimum atomic E-state index is -1.14. The van der Waals surface area contributed by atoms with Crippen molar-refractivity contribution in [2.75, 3.05) is 14.2 Å². The molecule has 0 aliphatic heterocycles. The molecule has 0 N–H and O–H groups in total. The van der Waals surface area contributed by atoms with E-state index in [1.54, 1.807) is 0 Å². The maximum atomic E-state index is 12.1. The molecule has 0 aromatic rings. The molecule has 4 heteroatoms. The Bertz CT molecular complexity index is 382. The van der Waals surface area contributed by atoms with Gasteiger partial charge in [-0.15, -0.1) is 0 Å². The molecule has 2 aliphatic rings. The van der Waals surface area contributed by atoms with E-state index in [1.807, 2.05) is 0 Å². The summed E-state index contributed by atoms with van der Waals surface area (Å²) in [6, 6.07) is 0. The molecular weight excluding hydrogens is 244 g/mol. The van der Waals surface area contributed by atoms with Crippen LogP contribution in [-0.2, 0) is 19.1 Å². The Labute approximate surface area is 113 Å². The smallest absolute Gasteiger partial charge is 0.323 e. The standard InChI is InChI=1S/C15H20O4/c1-18-13(16)15(14(17)19-2)9-11-7-5-3-4-6-8-12(11)10-15/h5-8,11-12H,3-4,9-10H2,1-2H3/b7-5-,8-6-/t11-,12+. The van der Waals surface area contributed by atoms with Gasteiger partial charge in [-0.2, -0.15) is 0 Å². The summed E-state index contributed by atoms with van der Waals surface area (Å²) in [7, 11) is 2.64. The van der Waals surface area contributed by atoms with Gasteiger partial charge in [0.15, 0.2) is 5.41 Å². The Morgan fingerprint density at radius 3 is 1.74 bits per heavy atom. The highest BCUT2D eigenvalue weighted by Gasteiger charge is 2.56. The molecule has 0 spiro atoms. The van der Waals surface area contributed by atoms with Gasteiger partial charge in [0.25, 0.3) is 0 Å². The van der Waals surface area contributed by atoms with Crippen molar-refractivity contribution in [3.05, 3.63) is 24.3 Å². The van der Waals surface area contributed by atoms with E-state index in [-0.39, 0.29) is 11.8 Å². The molecule has 0 bridgehead atoms. The molecule has 104 valence electrons. The van der Waals surface area contributed by atoms with Crippen molar-refractivity contribution in [2.24, 2.45) is 17.3 Å². The Morgan fingerprint density at radius 1 is 0.947 bits per heavy atom. The number of esters is 2. The number of carbonyl (C=O) groups is 2. The number of allylic oxidation sites excluding steroid dienone is 4. The monoisotopic (exact) mass is 264 g/mol. The van der Waals surface area contributed by atoms with Crippen molar-refractivity contribution < 1.29 is 19.1 Å². The number of carbonyl (C=O) groups excluding carboxylic acids is 2. The second-order valence-electron chi connectivity index (χ2n) is 5.23. The highest BCUT2D eigenvalue weighted by Crippen LogP contribution is 2.49. The van der Waals surface area contributed by atoms with E-state index in [9.17, 15) is 9.59 Å². The number of ether oxygens (including phenoxy) is 2. The Balaban J connectivity index is 2.32. The zero-order valence-electron chi connectivity index (χ0n) is 11.4. The molecule has 0 aromatic carbocycles. The Hall–Kier alpha value is -1.58. The van der Waals surface area contributed by atoms with Gasteiger partial charge in [-0.05, 0) is 37.5 Å². The molecule has 0 aromatic heterocycles. The topological polar surface area (TPSA) is 52.6 Å². The molecule has 1 saturated carbocycles. The van der Waals surface area contributed by atoms with Crippen LogP contribution in [0.1, 0.15) is 25.7 Å². The fourth-order valence-corrected chi connectivity index (χ4v) is 3.15. The zero-order valence-corrected chi connectivity index (χ0v) is 11.4. The summed E-state index contributed by atoms with van der Waals surface area (Å²) >= 11 is 0. The van der Waals surface area contributed by atoms with Crippen molar-refractivity contribution in [2.45, 2.75) is 25.7 Å². The maximum Gasteiger partial charge on any atom is 0.323 e. The summed E-state index contributed by atoms with van der Waals surface area (Å²) in [6.07, 6.45) is 11.5. The summed E-state index contributed by atoms with van der Waals surface area (Å²) in [5.74, 6) is -0.551. The van der Waals surface area contributed by atoms with Crippen LogP contribution in [-0.4, -0.2) is 26.2 Å². The molecule has 0 radical (unpaired) electrons. The maximum absolute atomic E-state index is 12.1. The SMILES string of the molecule is COC(=O)C1(C(=O)OC)C[C@H]2/C=C\CC/C=C\[C@H]2C1. The van der Waals surface area contributed by atoms with E-state index >= 15 is 0 Å². The number of hydrogen-bond acceptors (Lipinski definition) is 4. The molecule has 2 atom stereocenters. The zero-order chi connectivity index (χ0) is 13.9. The predicted octanol–water partition coefficient (Wildman–Crippen LogP) is 2.25. The van der Waals surface area contributed by atoms with E-state index in [0.29, 0.717) is 12.8 Å². The molecule has 4 nitrogen and oxygen atoms in total. The molecule has 0 unspecified atom stereocenters. The molecule has 0 heterocycles. The molecule has 19 heavy (non-hydrogen) atoms. The van der Waals surface area contributed by atoms with Crippen LogP contribution in [0.15, 0.2) is 24.3 Å². The first kappa shape index (κ1) is 13.8. The fourth-order valence-electron chi connectivity index (χ4n) is 3.15. The van der Waals surface area contributed by atoms with E-state index in [2.05, 4.69) is 24.3 Å². The molecule has 0 saturated heterocycles. The van der Waals surface area contributed by atoms with Crippen LogP contribution in [0.4, 0.5) is 0 Å². The van der Waals surface area contributed by atoms with E-state index in [4.69, 9.17) is 9.47 Å². The van der Waals surface area contributed by atoms with Crippen molar-refractivity contribution in [3.8, 4) is 0 Å². The molecule has 2 rings (SSSR count). The summed E-state index contributed by atoms with van der Waals surface area (Å²) in [5.41, 5.74) is -1.14. The first-order valence-corrected chi connectivity index (χ1v) is 6.64. The number of rotatable bonds is 2. The summed E-state index contributed by atoms with van der Waals surface area (Å²) in [4.78, 5) is 24.2. The van der Waals surface area contributed by atoms with E-state index in [0.717, 1.165) is 12.8 Å². The third kappa shape index (κ3) is 2.44. The van der Waals surface area contributed by atoms with Gasteiger partial charge in [0, 0.05) is 0 Å². The number of fused-ring (bicyclic) bond motifs is 1. The second kappa shape index (κ2) is 5.59. The van der Waals surface area contributed by atoms with Crippen LogP contribution in [0.2, 0.25) is 0 Å². The van der Waals surface area contributed by atoms with Gasteiger partial charge >= 0.3 is 11.9 Å². The highest BCUT2D eigenvalue weighted by molar-refractivity contribution is 6.00. The van der Waals surface area contributed by atoms with Gasteiger partial charge in [0.2, 0.25) is 0 Å². The lowest BCUT2D eigenvalue weighted by Gasteiger charge is -2.22. The average molecular weight is 264 g/mol. The van der Waals surface area contributed by atoms with Crippen molar-refractivity contribution >= 4 is 11.9 Å². The van der Waals surface area contributed by atoms with Crippen LogP contribution in [0.3, 0.4) is 0 Å². The fraction of sp³-hybridized carbons (Fsp3) is 0.600. The van der Waals surface area contributed by atoms with Crippen LogP contribution < -0.4 is 0 Å².